The zero-order chi connectivity index (χ0) is 22.7. The van der Waals surface area contributed by atoms with E-state index in [1.165, 1.54) is 6.92 Å². The summed E-state index contributed by atoms with van der Waals surface area (Å²) < 4.78 is 0. The fraction of sp³-hybridized carbons (Fsp3) is 0.600. The van der Waals surface area contributed by atoms with E-state index in [-0.39, 0.29) is 12.8 Å². The number of rotatable bonds is 13. The minimum Gasteiger partial charge on any atom is -0.481 e. The Hall–Kier alpha value is -3.26. The van der Waals surface area contributed by atoms with E-state index in [0.717, 1.165) is 0 Å². The molecule has 14 heteroatoms. The van der Waals surface area contributed by atoms with Crippen LogP contribution in [0.4, 0.5) is 0 Å². The number of amides is 3. The number of carboxylic acid groups (broad SMARTS) is 3. The number of hydrogen-bond acceptors (Lipinski definition) is 8. The van der Waals surface area contributed by atoms with Crippen LogP contribution in [0.5, 0.6) is 0 Å². The molecule has 0 fully saturated rings. The van der Waals surface area contributed by atoms with Gasteiger partial charge in [-0.05, 0) is 13.3 Å². The number of aliphatic hydroxyl groups is 1. The molecule has 0 aliphatic heterocycles. The molecule has 9 N–H and O–H groups in total. The second-order valence-electron chi connectivity index (χ2n) is 6.01. The lowest BCUT2D eigenvalue weighted by molar-refractivity contribution is -0.147. The molecule has 0 saturated heterocycles. The van der Waals surface area contributed by atoms with Gasteiger partial charge in [-0.15, -0.1) is 0 Å². The number of carboxylic acids is 3. The minimum atomic E-state index is -1.78. The molecule has 0 bridgehead atoms. The lowest BCUT2D eigenvalue weighted by atomic mass is 10.1. The van der Waals surface area contributed by atoms with Crippen molar-refractivity contribution in [2.24, 2.45) is 5.73 Å². The first-order valence-electron chi connectivity index (χ1n) is 8.33. The number of hydrogen-bond donors (Lipinski definition) is 8. The van der Waals surface area contributed by atoms with Gasteiger partial charge in [0.1, 0.15) is 18.1 Å². The number of carbonyl (C=O) groups is 6. The van der Waals surface area contributed by atoms with Gasteiger partial charge in [0.25, 0.3) is 0 Å². The van der Waals surface area contributed by atoms with Crippen molar-refractivity contribution in [1.82, 2.24) is 16.0 Å². The van der Waals surface area contributed by atoms with Crippen molar-refractivity contribution < 1.29 is 49.2 Å². The Bertz CT molecular complexity index is 653. The SMILES string of the molecule is CC(NC(=O)C(N)CCC(=O)O)C(=O)NC(CO)C(=O)NC(CC(=O)O)C(=O)O. The predicted octanol–water partition coefficient (Wildman–Crippen LogP) is -3.80. The lowest BCUT2D eigenvalue weighted by Crippen LogP contribution is -2.57. The van der Waals surface area contributed by atoms with Crippen molar-refractivity contribution in [3.8, 4) is 0 Å². The quantitative estimate of drug-likeness (QED) is 0.143. The maximum absolute atomic E-state index is 12.1. The maximum atomic E-state index is 12.1. The summed E-state index contributed by atoms with van der Waals surface area (Å²) in [5.41, 5.74) is 5.50. The molecule has 0 aliphatic carbocycles. The fourth-order valence-corrected chi connectivity index (χ4v) is 1.93. The van der Waals surface area contributed by atoms with E-state index < -0.39 is 72.8 Å². The van der Waals surface area contributed by atoms with Crippen LogP contribution in [-0.4, -0.2) is 86.8 Å². The normalized spacial score (nSPS) is 14.6. The Kier molecular flexibility index (Phi) is 10.9. The largest absolute Gasteiger partial charge is 0.481 e. The van der Waals surface area contributed by atoms with Crippen molar-refractivity contribution in [1.29, 1.82) is 0 Å². The molecule has 0 aromatic heterocycles. The standard InChI is InChI=1S/C15H24N4O10/c1-6(17-13(26)7(16)2-3-10(21)22)12(25)19-9(5-20)14(27)18-8(15(28)29)4-11(23)24/h6-9,20H,2-5,16H2,1H3,(H,17,26)(H,18,27)(H,19,25)(H,21,22)(H,23,24)(H,28,29). The summed E-state index contributed by atoms with van der Waals surface area (Å²) in [6.07, 6.45) is -1.45. The Labute approximate surface area is 164 Å². The summed E-state index contributed by atoms with van der Waals surface area (Å²) >= 11 is 0. The van der Waals surface area contributed by atoms with E-state index in [0.29, 0.717) is 0 Å². The van der Waals surface area contributed by atoms with Gasteiger partial charge >= 0.3 is 17.9 Å². The summed E-state index contributed by atoms with van der Waals surface area (Å²) in [5, 5.41) is 41.5. The molecule has 4 atom stereocenters. The Morgan fingerprint density at radius 1 is 0.828 bits per heavy atom. The number of aliphatic hydroxyl groups excluding tert-OH is 1. The van der Waals surface area contributed by atoms with Crippen LogP contribution in [-0.2, 0) is 28.8 Å². The Morgan fingerprint density at radius 2 is 1.38 bits per heavy atom. The molecule has 29 heavy (non-hydrogen) atoms. The van der Waals surface area contributed by atoms with Crippen LogP contribution in [0.2, 0.25) is 0 Å². The minimum absolute atomic E-state index is 0.169. The van der Waals surface area contributed by atoms with Gasteiger partial charge in [0.15, 0.2) is 0 Å². The number of aliphatic carboxylic acids is 3. The van der Waals surface area contributed by atoms with E-state index in [1.54, 1.807) is 0 Å². The van der Waals surface area contributed by atoms with Gasteiger partial charge in [-0.2, -0.15) is 0 Å². The van der Waals surface area contributed by atoms with Crippen molar-refractivity contribution in [2.75, 3.05) is 6.61 Å². The van der Waals surface area contributed by atoms with Crippen molar-refractivity contribution in [3.05, 3.63) is 0 Å². The molecule has 0 rings (SSSR count). The highest BCUT2D eigenvalue weighted by Crippen LogP contribution is 1.98. The molecule has 0 aliphatic rings. The van der Waals surface area contributed by atoms with Crippen LogP contribution in [0.25, 0.3) is 0 Å². The van der Waals surface area contributed by atoms with Crippen molar-refractivity contribution in [2.45, 2.75) is 50.4 Å². The third kappa shape index (κ3) is 10.0. The van der Waals surface area contributed by atoms with Crippen LogP contribution in [0, 0.1) is 0 Å². The Morgan fingerprint density at radius 3 is 1.83 bits per heavy atom. The topological polar surface area (TPSA) is 245 Å². The van der Waals surface area contributed by atoms with Gasteiger partial charge in [-0.1, -0.05) is 0 Å². The molecule has 164 valence electrons. The first-order chi connectivity index (χ1) is 13.4. The molecule has 14 nitrogen and oxygen atoms in total. The highest BCUT2D eigenvalue weighted by atomic mass is 16.4. The Balaban J connectivity index is 4.81. The number of carbonyl (C=O) groups excluding carboxylic acids is 3. The highest BCUT2D eigenvalue weighted by Gasteiger charge is 2.29. The number of nitrogens with one attached hydrogen (secondary N) is 3. The summed E-state index contributed by atoms with van der Waals surface area (Å²) in [6.45, 7) is 0.295. The van der Waals surface area contributed by atoms with Crippen LogP contribution >= 0.6 is 0 Å². The van der Waals surface area contributed by atoms with E-state index in [4.69, 9.17) is 21.1 Å². The maximum Gasteiger partial charge on any atom is 0.326 e. The van der Waals surface area contributed by atoms with E-state index in [1.807, 2.05) is 5.32 Å². The van der Waals surface area contributed by atoms with Crippen LogP contribution in [0.1, 0.15) is 26.2 Å². The molecule has 4 unspecified atom stereocenters. The van der Waals surface area contributed by atoms with Gasteiger partial charge < -0.3 is 42.1 Å². The fourth-order valence-electron chi connectivity index (χ4n) is 1.93. The third-order valence-electron chi connectivity index (χ3n) is 3.57. The molecule has 0 saturated carbocycles. The summed E-state index contributed by atoms with van der Waals surface area (Å²) in [6, 6.07) is -5.81. The van der Waals surface area contributed by atoms with Crippen molar-refractivity contribution in [3.63, 3.8) is 0 Å². The van der Waals surface area contributed by atoms with Gasteiger partial charge in [-0.25, -0.2) is 4.79 Å². The van der Waals surface area contributed by atoms with Gasteiger partial charge in [0.05, 0.1) is 19.1 Å². The van der Waals surface area contributed by atoms with Crippen LogP contribution in [0.3, 0.4) is 0 Å². The average Bonchev–Trinajstić information content (AvgIpc) is 2.62. The lowest BCUT2D eigenvalue weighted by Gasteiger charge is -2.22. The number of nitrogens with two attached hydrogens (primary N) is 1. The zero-order valence-electron chi connectivity index (χ0n) is 15.5. The first-order valence-corrected chi connectivity index (χ1v) is 8.33. The van der Waals surface area contributed by atoms with Crippen LogP contribution in [0.15, 0.2) is 0 Å². The molecule has 0 radical (unpaired) electrons. The highest BCUT2D eigenvalue weighted by molar-refractivity contribution is 5.94. The summed E-state index contributed by atoms with van der Waals surface area (Å²) in [5.74, 6) is -7.16. The third-order valence-corrected chi connectivity index (χ3v) is 3.57. The second-order valence-corrected chi connectivity index (χ2v) is 6.01. The van der Waals surface area contributed by atoms with E-state index >= 15 is 0 Å². The molecular weight excluding hydrogens is 396 g/mol. The zero-order valence-corrected chi connectivity index (χ0v) is 15.5. The summed E-state index contributed by atoms with van der Waals surface area (Å²) in [4.78, 5) is 68.0. The molecule has 3 amide bonds. The monoisotopic (exact) mass is 420 g/mol. The molecule has 0 aromatic rings. The average molecular weight is 420 g/mol. The predicted molar refractivity (Wildman–Crippen MR) is 93.3 cm³/mol. The smallest absolute Gasteiger partial charge is 0.326 e. The molecule has 0 aromatic carbocycles. The molecule has 0 heterocycles. The summed E-state index contributed by atoms with van der Waals surface area (Å²) in [7, 11) is 0. The molecular formula is C15H24N4O10. The van der Waals surface area contributed by atoms with Gasteiger partial charge in [0.2, 0.25) is 17.7 Å². The first kappa shape index (κ1) is 25.7. The van der Waals surface area contributed by atoms with Gasteiger partial charge in [-0.3, -0.25) is 24.0 Å². The van der Waals surface area contributed by atoms with Crippen LogP contribution < -0.4 is 21.7 Å². The van der Waals surface area contributed by atoms with E-state index in [2.05, 4.69) is 10.6 Å². The van der Waals surface area contributed by atoms with Gasteiger partial charge in [0, 0.05) is 6.42 Å². The van der Waals surface area contributed by atoms with Crippen molar-refractivity contribution >= 4 is 35.6 Å². The van der Waals surface area contributed by atoms with E-state index in [9.17, 15) is 33.9 Å². The second kappa shape index (κ2) is 12.2. The molecule has 0 spiro atoms.